The summed E-state index contributed by atoms with van der Waals surface area (Å²) in [5, 5.41) is 0. The van der Waals surface area contributed by atoms with Gasteiger partial charge in [0.1, 0.15) is 6.34 Å². The molecule has 1 unspecified atom stereocenters. The molecule has 2 N–H and O–H groups in total. The molecule has 0 aromatic rings. The fraction of sp³-hybridized carbons (Fsp3) is 0.500. The maximum absolute atomic E-state index is 5.19. The van der Waals surface area contributed by atoms with Crippen LogP contribution in [0.3, 0.4) is 0 Å². The number of aliphatic imine (C=N–C) groups is 2. The summed E-state index contributed by atoms with van der Waals surface area (Å²) in [5.41, 5.74) is 5.19. The Labute approximate surface area is 43.0 Å². The molecule has 3 nitrogen and oxygen atoms in total. The predicted molar refractivity (Wildman–Crippen MR) is 31.7 cm³/mol. The second kappa shape index (κ2) is 3.49. The van der Waals surface area contributed by atoms with E-state index in [-0.39, 0.29) is 6.17 Å². The zero-order valence-corrected chi connectivity index (χ0v) is 4.33. The maximum Gasteiger partial charge on any atom is 0.111 e. The number of hydrogen-bond donors (Lipinski definition) is 1. The van der Waals surface area contributed by atoms with E-state index in [4.69, 9.17) is 5.73 Å². The quantitative estimate of drug-likeness (QED) is 0.385. The molecule has 0 radical (unpaired) electrons. The molecule has 0 aromatic carbocycles. The van der Waals surface area contributed by atoms with E-state index < -0.39 is 0 Å². The van der Waals surface area contributed by atoms with Gasteiger partial charge in [0.15, 0.2) is 0 Å². The van der Waals surface area contributed by atoms with Crippen molar-refractivity contribution < 1.29 is 0 Å². The summed E-state index contributed by atoms with van der Waals surface area (Å²) in [4.78, 5) is 7.02. The highest BCUT2D eigenvalue weighted by atomic mass is 15.0. The smallest absolute Gasteiger partial charge is 0.111 e. The third kappa shape index (κ3) is 5.30. The number of rotatable bonds is 2. The molecular weight excluding hydrogens is 90.1 g/mol. The van der Waals surface area contributed by atoms with Crippen LogP contribution in [-0.4, -0.2) is 19.2 Å². The van der Waals surface area contributed by atoms with Crippen LogP contribution in [0.1, 0.15) is 6.92 Å². The second-order valence-electron chi connectivity index (χ2n) is 1.19. The van der Waals surface area contributed by atoms with Crippen LogP contribution in [0.25, 0.3) is 0 Å². The lowest BCUT2D eigenvalue weighted by Gasteiger charge is -1.89. The van der Waals surface area contributed by atoms with E-state index in [0.717, 1.165) is 0 Å². The van der Waals surface area contributed by atoms with Gasteiger partial charge in [-0.1, -0.05) is 0 Å². The third-order valence-electron chi connectivity index (χ3n) is 0.383. The van der Waals surface area contributed by atoms with Gasteiger partial charge in [-0.2, -0.15) is 0 Å². The van der Waals surface area contributed by atoms with Crippen molar-refractivity contribution in [3.05, 3.63) is 0 Å². The van der Waals surface area contributed by atoms with Crippen LogP contribution in [0.2, 0.25) is 0 Å². The lowest BCUT2D eigenvalue weighted by atomic mass is 10.6. The van der Waals surface area contributed by atoms with Crippen LogP contribution in [-0.2, 0) is 0 Å². The van der Waals surface area contributed by atoms with Gasteiger partial charge >= 0.3 is 0 Å². The molecule has 0 saturated carbocycles. The Hall–Kier alpha value is -0.700. The first-order chi connectivity index (χ1) is 3.27. The van der Waals surface area contributed by atoms with E-state index in [0.29, 0.717) is 0 Å². The Bertz CT molecular complexity index is 75.0. The van der Waals surface area contributed by atoms with Gasteiger partial charge in [0.25, 0.3) is 0 Å². The Balaban J connectivity index is 3.25. The monoisotopic (exact) mass is 99.1 g/mol. The Kier molecular flexibility index (Phi) is 3.14. The number of hydrogen-bond acceptors (Lipinski definition) is 2. The summed E-state index contributed by atoms with van der Waals surface area (Å²) in [6.45, 7) is 4.94. The van der Waals surface area contributed by atoms with Crippen molar-refractivity contribution in [1.29, 1.82) is 0 Å². The molecule has 0 spiro atoms. The van der Waals surface area contributed by atoms with Crippen molar-refractivity contribution in [2.75, 3.05) is 0 Å². The van der Waals surface area contributed by atoms with E-state index >= 15 is 0 Å². The molecule has 0 amide bonds. The Morgan fingerprint density at radius 3 is 2.57 bits per heavy atom. The first-order valence-corrected chi connectivity index (χ1v) is 2.00. The van der Waals surface area contributed by atoms with Gasteiger partial charge in [0.2, 0.25) is 0 Å². The lowest BCUT2D eigenvalue weighted by molar-refractivity contribution is 0.796. The largest absolute Gasteiger partial charge is 0.310 e. The standard InChI is InChI=1S/C4H9N3/c1-4(5)7-3-6-2/h3-4H,2,5H2,1H3. The number of nitrogens with zero attached hydrogens (tertiary/aromatic N) is 2. The summed E-state index contributed by atoms with van der Waals surface area (Å²) in [6.07, 6.45) is 1.18. The van der Waals surface area contributed by atoms with Crippen molar-refractivity contribution in [3.8, 4) is 0 Å². The summed E-state index contributed by atoms with van der Waals surface area (Å²) in [5.74, 6) is 0. The highest BCUT2D eigenvalue weighted by molar-refractivity contribution is 5.61. The molecule has 40 valence electrons. The van der Waals surface area contributed by atoms with Gasteiger partial charge in [-0.25, -0.2) is 0 Å². The zero-order valence-electron chi connectivity index (χ0n) is 4.33. The summed E-state index contributed by atoms with van der Waals surface area (Å²) in [7, 11) is 0. The average molecular weight is 99.1 g/mol. The van der Waals surface area contributed by atoms with E-state index in [2.05, 4.69) is 16.7 Å². The summed E-state index contributed by atoms with van der Waals surface area (Å²) < 4.78 is 0. The molecule has 0 aromatic heterocycles. The van der Waals surface area contributed by atoms with Crippen molar-refractivity contribution in [2.24, 2.45) is 15.7 Å². The van der Waals surface area contributed by atoms with E-state index in [1.165, 1.54) is 6.34 Å². The molecule has 0 fully saturated rings. The highest BCUT2D eigenvalue weighted by Crippen LogP contribution is 1.71. The highest BCUT2D eigenvalue weighted by Gasteiger charge is 1.77. The average Bonchev–Trinajstić information content (AvgIpc) is 1.61. The van der Waals surface area contributed by atoms with Gasteiger partial charge < -0.3 is 5.73 Å². The lowest BCUT2D eigenvalue weighted by Crippen LogP contribution is -2.10. The molecule has 7 heavy (non-hydrogen) atoms. The van der Waals surface area contributed by atoms with Crippen molar-refractivity contribution in [3.63, 3.8) is 0 Å². The van der Waals surface area contributed by atoms with Gasteiger partial charge in [0, 0.05) is 0 Å². The first kappa shape index (κ1) is 6.30. The maximum atomic E-state index is 5.19. The van der Waals surface area contributed by atoms with Gasteiger partial charge in [-0.3, -0.25) is 9.98 Å². The Morgan fingerprint density at radius 2 is 2.43 bits per heavy atom. The number of nitrogens with two attached hydrogens (primary N) is 1. The fourth-order valence-electron chi connectivity index (χ4n) is 0.152. The van der Waals surface area contributed by atoms with Crippen LogP contribution >= 0.6 is 0 Å². The minimum Gasteiger partial charge on any atom is -0.310 e. The van der Waals surface area contributed by atoms with Gasteiger partial charge in [-0.15, -0.1) is 0 Å². The van der Waals surface area contributed by atoms with E-state index in [1.807, 2.05) is 0 Å². The molecule has 0 aliphatic carbocycles. The second-order valence-corrected chi connectivity index (χ2v) is 1.19. The van der Waals surface area contributed by atoms with Crippen LogP contribution in [0.15, 0.2) is 9.98 Å². The van der Waals surface area contributed by atoms with Crippen molar-refractivity contribution in [2.45, 2.75) is 13.1 Å². The van der Waals surface area contributed by atoms with E-state index in [9.17, 15) is 0 Å². The third-order valence-corrected chi connectivity index (χ3v) is 0.383. The zero-order chi connectivity index (χ0) is 5.70. The summed E-state index contributed by atoms with van der Waals surface area (Å²) in [6, 6.07) is 0. The topological polar surface area (TPSA) is 50.7 Å². The molecular formula is C4H9N3. The van der Waals surface area contributed by atoms with Crippen molar-refractivity contribution >= 4 is 13.1 Å². The molecule has 1 atom stereocenters. The van der Waals surface area contributed by atoms with Crippen LogP contribution in [0.4, 0.5) is 0 Å². The SMILES string of the molecule is C=NC=NC(C)N. The minimum atomic E-state index is -0.162. The molecule has 3 heteroatoms. The van der Waals surface area contributed by atoms with Crippen LogP contribution < -0.4 is 5.73 Å². The molecule has 0 rings (SSSR count). The van der Waals surface area contributed by atoms with Gasteiger partial charge in [-0.05, 0) is 13.6 Å². The molecule has 0 heterocycles. The predicted octanol–water partition coefficient (Wildman–Crippen LogP) is 0.0200. The van der Waals surface area contributed by atoms with Crippen LogP contribution in [0, 0.1) is 0 Å². The molecule has 0 saturated heterocycles. The molecule has 0 bridgehead atoms. The fourth-order valence-corrected chi connectivity index (χ4v) is 0.152. The normalized spacial score (nSPS) is 14.6. The van der Waals surface area contributed by atoms with Crippen molar-refractivity contribution in [1.82, 2.24) is 0 Å². The van der Waals surface area contributed by atoms with Crippen LogP contribution in [0.5, 0.6) is 0 Å². The Morgan fingerprint density at radius 1 is 1.86 bits per heavy atom. The molecule has 0 aliphatic heterocycles. The first-order valence-electron chi connectivity index (χ1n) is 2.00. The molecule has 0 aliphatic rings. The van der Waals surface area contributed by atoms with E-state index in [1.54, 1.807) is 6.92 Å². The minimum absolute atomic E-state index is 0.162. The van der Waals surface area contributed by atoms with Gasteiger partial charge in [0.05, 0.1) is 6.17 Å². The summed E-state index contributed by atoms with van der Waals surface area (Å²) >= 11 is 0.